The lowest BCUT2D eigenvalue weighted by Crippen LogP contribution is -2.33. The van der Waals surface area contributed by atoms with Crippen LogP contribution in [0.3, 0.4) is 0 Å². The third-order valence-electron chi connectivity index (χ3n) is 2.74. The number of nitriles is 2. The van der Waals surface area contributed by atoms with Gasteiger partial charge < -0.3 is 4.90 Å². The molecule has 1 rings (SSSR count). The van der Waals surface area contributed by atoms with E-state index in [0.29, 0.717) is 6.42 Å². The van der Waals surface area contributed by atoms with Crippen LogP contribution in [0.5, 0.6) is 0 Å². The Morgan fingerprint density at radius 2 is 1.76 bits per heavy atom. The number of rotatable bonds is 6. The minimum atomic E-state index is -3.56. The largest absolute Gasteiger partial charge is 0.312 e. The van der Waals surface area contributed by atoms with Crippen molar-refractivity contribution in [2.45, 2.75) is 18.2 Å². The van der Waals surface area contributed by atoms with Crippen LogP contribution in [0.1, 0.15) is 23.7 Å². The van der Waals surface area contributed by atoms with Crippen molar-refractivity contribution in [3.8, 4) is 12.1 Å². The molecule has 0 spiro atoms. The Kier molecular flexibility index (Phi) is 5.89. The predicted octanol–water partition coefficient (Wildman–Crippen LogP) is 1.36. The molecule has 110 valence electrons. The average molecular weight is 305 g/mol. The molecule has 6 nitrogen and oxygen atoms in total. The molecule has 1 amide bonds. The van der Waals surface area contributed by atoms with Crippen LogP contribution in [0.25, 0.3) is 0 Å². The van der Waals surface area contributed by atoms with E-state index < -0.39 is 15.7 Å². The van der Waals surface area contributed by atoms with Crippen LogP contribution in [0.4, 0.5) is 0 Å². The van der Waals surface area contributed by atoms with Gasteiger partial charge in [0.15, 0.2) is 9.84 Å². The quantitative estimate of drug-likeness (QED) is 0.738. The highest BCUT2D eigenvalue weighted by Crippen LogP contribution is 2.19. The predicted molar refractivity (Wildman–Crippen MR) is 75.9 cm³/mol. The summed E-state index contributed by atoms with van der Waals surface area (Å²) in [6.45, 7) is 1.20. The molecule has 1 aromatic rings. The van der Waals surface area contributed by atoms with E-state index in [1.54, 1.807) is 25.1 Å². The van der Waals surface area contributed by atoms with Crippen LogP contribution in [0.2, 0.25) is 0 Å². The van der Waals surface area contributed by atoms with Crippen LogP contribution in [-0.2, 0) is 9.84 Å². The normalized spacial score (nSPS) is 10.4. The minimum Gasteiger partial charge on any atom is -0.312 e. The molecule has 1 aromatic carbocycles. The number of carbonyl (C=O) groups is 1. The number of hydrogen-bond acceptors (Lipinski definition) is 5. The van der Waals surface area contributed by atoms with Crippen molar-refractivity contribution < 1.29 is 13.2 Å². The first kappa shape index (κ1) is 16.7. The van der Waals surface area contributed by atoms with Crippen LogP contribution in [-0.4, -0.2) is 38.1 Å². The number of nitrogens with zero attached hydrogens (tertiary/aromatic N) is 3. The van der Waals surface area contributed by atoms with Crippen LogP contribution >= 0.6 is 0 Å². The Balaban J connectivity index is 3.29. The van der Waals surface area contributed by atoms with E-state index in [9.17, 15) is 13.2 Å². The standard InChI is InChI=1S/C14H15N3O3S/c1-2-11-21(19,20)13-6-4-3-5-12(13)14(18)17(9-7-15)10-8-16/h3-6H,2,9-11H2,1H3. The molecule has 7 heteroatoms. The Morgan fingerprint density at radius 1 is 1.19 bits per heavy atom. The maximum Gasteiger partial charge on any atom is 0.256 e. The minimum absolute atomic E-state index is 0.00329. The Hall–Kier alpha value is -2.38. The van der Waals surface area contributed by atoms with Gasteiger partial charge in [0.25, 0.3) is 5.91 Å². The van der Waals surface area contributed by atoms with E-state index in [1.807, 2.05) is 0 Å². The van der Waals surface area contributed by atoms with Crippen molar-refractivity contribution in [2.24, 2.45) is 0 Å². The smallest absolute Gasteiger partial charge is 0.256 e. The monoisotopic (exact) mass is 305 g/mol. The van der Waals surface area contributed by atoms with Crippen molar-refractivity contribution >= 4 is 15.7 Å². The van der Waals surface area contributed by atoms with Gasteiger partial charge in [-0.15, -0.1) is 0 Å². The second-order valence-electron chi connectivity index (χ2n) is 4.29. The van der Waals surface area contributed by atoms with Gasteiger partial charge >= 0.3 is 0 Å². The van der Waals surface area contributed by atoms with Crippen LogP contribution in [0, 0.1) is 22.7 Å². The fourth-order valence-electron chi connectivity index (χ4n) is 1.83. The molecule has 0 aromatic heterocycles. The summed E-state index contributed by atoms with van der Waals surface area (Å²) in [5.41, 5.74) is -0.00329. The number of amides is 1. The fraction of sp³-hybridized carbons (Fsp3) is 0.357. The lowest BCUT2D eigenvalue weighted by molar-refractivity contribution is 0.0791. The first-order chi connectivity index (χ1) is 9.97. The molecule has 0 unspecified atom stereocenters. The highest BCUT2D eigenvalue weighted by Gasteiger charge is 2.24. The summed E-state index contributed by atoms with van der Waals surface area (Å²) in [4.78, 5) is 13.3. The molecular weight excluding hydrogens is 290 g/mol. The van der Waals surface area contributed by atoms with Gasteiger partial charge in [0.05, 0.1) is 28.4 Å². The highest BCUT2D eigenvalue weighted by atomic mass is 32.2. The first-order valence-corrected chi connectivity index (χ1v) is 7.98. The molecule has 0 fully saturated rings. The number of carbonyl (C=O) groups excluding carboxylic acids is 1. The number of sulfone groups is 1. The topological polar surface area (TPSA) is 102 Å². The Morgan fingerprint density at radius 3 is 2.29 bits per heavy atom. The molecule has 0 N–H and O–H groups in total. The van der Waals surface area contributed by atoms with Crippen molar-refractivity contribution in [1.29, 1.82) is 10.5 Å². The summed E-state index contributed by atoms with van der Waals surface area (Å²) in [6.07, 6.45) is 0.435. The maximum atomic E-state index is 12.4. The third-order valence-corrected chi connectivity index (χ3v) is 4.71. The van der Waals surface area contributed by atoms with Gasteiger partial charge in [-0.05, 0) is 18.6 Å². The van der Waals surface area contributed by atoms with Gasteiger partial charge in [-0.2, -0.15) is 10.5 Å². The SMILES string of the molecule is CCCS(=O)(=O)c1ccccc1C(=O)N(CC#N)CC#N. The molecular formula is C14H15N3O3S. The summed E-state index contributed by atoms with van der Waals surface area (Å²) < 4.78 is 24.4. The number of hydrogen-bond donors (Lipinski definition) is 0. The summed E-state index contributed by atoms with van der Waals surface area (Å²) in [6, 6.07) is 9.44. The molecule has 0 saturated carbocycles. The molecule has 21 heavy (non-hydrogen) atoms. The Bertz CT molecular complexity index is 683. The van der Waals surface area contributed by atoms with Crippen molar-refractivity contribution in [2.75, 3.05) is 18.8 Å². The second-order valence-corrected chi connectivity index (χ2v) is 6.37. The van der Waals surface area contributed by atoms with Gasteiger partial charge in [0, 0.05) is 0 Å². The second kappa shape index (κ2) is 7.41. The third kappa shape index (κ3) is 4.04. The van der Waals surface area contributed by atoms with E-state index in [-0.39, 0.29) is 29.3 Å². The van der Waals surface area contributed by atoms with Gasteiger partial charge in [-0.3, -0.25) is 4.79 Å². The first-order valence-electron chi connectivity index (χ1n) is 6.33. The van der Waals surface area contributed by atoms with E-state index in [2.05, 4.69) is 0 Å². The average Bonchev–Trinajstić information content (AvgIpc) is 2.46. The molecule has 0 aliphatic heterocycles. The molecule has 0 aliphatic rings. The van der Waals surface area contributed by atoms with Gasteiger partial charge in [-0.1, -0.05) is 19.1 Å². The summed E-state index contributed by atoms with van der Waals surface area (Å²) in [5, 5.41) is 17.4. The summed E-state index contributed by atoms with van der Waals surface area (Å²) in [7, 11) is -3.56. The van der Waals surface area contributed by atoms with E-state index in [0.717, 1.165) is 4.90 Å². The summed E-state index contributed by atoms with van der Waals surface area (Å²) in [5.74, 6) is -0.693. The fourth-order valence-corrected chi connectivity index (χ4v) is 3.37. The number of benzene rings is 1. The van der Waals surface area contributed by atoms with Crippen molar-refractivity contribution in [3.05, 3.63) is 29.8 Å². The van der Waals surface area contributed by atoms with E-state index >= 15 is 0 Å². The van der Waals surface area contributed by atoms with Gasteiger partial charge in [0.2, 0.25) is 0 Å². The lowest BCUT2D eigenvalue weighted by Gasteiger charge is -2.17. The molecule has 0 radical (unpaired) electrons. The highest BCUT2D eigenvalue weighted by molar-refractivity contribution is 7.91. The van der Waals surface area contributed by atoms with Crippen LogP contribution < -0.4 is 0 Å². The maximum absolute atomic E-state index is 12.4. The van der Waals surface area contributed by atoms with Gasteiger partial charge in [0.1, 0.15) is 13.1 Å². The lowest BCUT2D eigenvalue weighted by atomic mass is 10.2. The molecule has 0 aliphatic carbocycles. The van der Waals surface area contributed by atoms with Gasteiger partial charge in [-0.25, -0.2) is 8.42 Å². The van der Waals surface area contributed by atoms with Crippen molar-refractivity contribution in [3.63, 3.8) is 0 Å². The zero-order valence-electron chi connectivity index (χ0n) is 11.6. The van der Waals surface area contributed by atoms with Crippen molar-refractivity contribution in [1.82, 2.24) is 4.90 Å². The van der Waals surface area contributed by atoms with E-state index in [1.165, 1.54) is 18.2 Å². The van der Waals surface area contributed by atoms with Crippen LogP contribution in [0.15, 0.2) is 29.2 Å². The zero-order valence-corrected chi connectivity index (χ0v) is 12.4. The molecule has 0 atom stereocenters. The molecule has 0 bridgehead atoms. The zero-order chi connectivity index (χ0) is 15.9. The summed E-state index contributed by atoms with van der Waals surface area (Å²) >= 11 is 0. The van der Waals surface area contributed by atoms with E-state index in [4.69, 9.17) is 10.5 Å². The Labute approximate surface area is 124 Å². The molecule has 0 saturated heterocycles. The molecule has 0 heterocycles.